The van der Waals surface area contributed by atoms with Gasteiger partial charge in [0.05, 0.1) is 5.56 Å². The van der Waals surface area contributed by atoms with Gasteiger partial charge >= 0.3 is 5.97 Å². The van der Waals surface area contributed by atoms with Crippen molar-refractivity contribution in [3.05, 3.63) is 35.4 Å². The van der Waals surface area contributed by atoms with Crippen molar-refractivity contribution in [2.24, 2.45) is 5.92 Å². The molecule has 0 aromatic heterocycles. The molecule has 1 saturated heterocycles. The fourth-order valence-electron chi connectivity index (χ4n) is 2.13. The average Bonchev–Trinajstić information content (AvgIpc) is 2.30. The Labute approximate surface area is 100 Å². The molecule has 3 heteroatoms. The molecule has 1 unspecified atom stereocenters. The quantitative estimate of drug-likeness (QED) is 0.876. The van der Waals surface area contributed by atoms with Crippen LogP contribution in [0.4, 0.5) is 0 Å². The normalized spacial score (nSPS) is 20.6. The van der Waals surface area contributed by atoms with Crippen LogP contribution in [0.5, 0.6) is 0 Å². The monoisotopic (exact) mass is 236 g/mol. The highest BCUT2D eigenvalue weighted by atomic mass is 32.2. The van der Waals surface area contributed by atoms with E-state index in [9.17, 15) is 4.79 Å². The third kappa shape index (κ3) is 3.01. The van der Waals surface area contributed by atoms with Gasteiger partial charge in [0.1, 0.15) is 0 Å². The number of rotatable bonds is 3. The predicted molar refractivity (Wildman–Crippen MR) is 67.2 cm³/mol. The van der Waals surface area contributed by atoms with Crippen LogP contribution >= 0.6 is 11.8 Å². The molecule has 16 heavy (non-hydrogen) atoms. The average molecular weight is 236 g/mol. The summed E-state index contributed by atoms with van der Waals surface area (Å²) in [4.78, 5) is 10.8. The van der Waals surface area contributed by atoms with Crippen molar-refractivity contribution >= 4 is 17.7 Å². The summed E-state index contributed by atoms with van der Waals surface area (Å²) in [5.74, 6) is 2.39. The summed E-state index contributed by atoms with van der Waals surface area (Å²) in [7, 11) is 0. The number of carbonyl (C=O) groups is 1. The molecular formula is C13H16O2S. The maximum Gasteiger partial charge on any atom is 0.335 e. The molecule has 0 spiro atoms. The third-order valence-corrected chi connectivity index (χ3v) is 4.24. The summed E-state index contributed by atoms with van der Waals surface area (Å²) < 4.78 is 0. The zero-order valence-corrected chi connectivity index (χ0v) is 10.0. The zero-order valence-electron chi connectivity index (χ0n) is 9.19. The Morgan fingerprint density at radius 2 is 2.38 bits per heavy atom. The number of thioether (sulfide) groups is 1. The van der Waals surface area contributed by atoms with Crippen LogP contribution in [0.2, 0.25) is 0 Å². The largest absolute Gasteiger partial charge is 0.478 e. The molecule has 1 heterocycles. The molecule has 0 aliphatic carbocycles. The molecular weight excluding hydrogens is 220 g/mol. The Balaban J connectivity index is 2.02. The zero-order chi connectivity index (χ0) is 11.4. The maximum absolute atomic E-state index is 10.8. The first-order valence-electron chi connectivity index (χ1n) is 5.65. The molecule has 2 nitrogen and oxygen atoms in total. The molecule has 0 bridgehead atoms. The van der Waals surface area contributed by atoms with Gasteiger partial charge in [-0.25, -0.2) is 4.79 Å². The van der Waals surface area contributed by atoms with Crippen LogP contribution in [0.15, 0.2) is 24.3 Å². The minimum Gasteiger partial charge on any atom is -0.478 e. The second-order valence-electron chi connectivity index (χ2n) is 4.29. The van der Waals surface area contributed by atoms with Gasteiger partial charge in [-0.15, -0.1) is 0 Å². The molecule has 0 radical (unpaired) electrons. The molecule has 1 aliphatic rings. The second kappa shape index (κ2) is 5.39. The van der Waals surface area contributed by atoms with Gasteiger partial charge in [0.15, 0.2) is 0 Å². The van der Waals surface area contributed by atoms with Crippen LogP contribution < -0.4 is 0 Å². The SMILES string of the molecule is O=C(O)c1cccc(CC2CCCSC2)c1. The standard InChI is InChI=1S/C13H16O2S/c14-13(15)12-5-1-3-10(8-12)7-11-4-2-6-16-9-11/h1,3,5,8,11H,2,4,6-7,9H2,(H,14,15). The van der Waals surface area contributed by atoms with E-state index in [1.54, 1.807) is 6.07 Å². The first kappa shape index (κ1) is 11.5. The van der Waals surface area contributed by atoms with Crippen molar-refractivity contribution in [1.29, 1.82) is 0 Å². The topological polar surface area (TPSA) is 37.3 Å². The highest BCUT2D eigenvalue weighted by Gasteiger charge is 2.14. The van der Waals surface area contributed by atoms with Gasteiger partial charge < -0.3 is 5.11 Å². The molecule has 0 amide bonds. The van der Waals surface area contributed by atoms with Crippen molar-refractivity contribution in [2.45, 2.75) is 19.3 Å². The fourth-order valence-corrected chi connectivity index (χ4v) is 3.29. The lowest BCUT2D eigenvalue weighted by atomic mass is 9.95. The second-order valence-corrected chi connectivity index (χ2v) is 5.44. The van der Waals surface area contributed by atoms with Gasteiger partial charge in [0, 0.05) is 0 Å². The van der Waals surface area contributed by atoms with Crippen LogP contribution in [0.3, 0.4) is 0 Å². The Bertz CT molecular complexity index is 370. The summed E-state index contributed by atoms with van der Waals surface area (Å²) in [6.07, 6.45) is 3.60. The lowest BCUT2D eigenvalue weighted by Crippen LogP contribution is -2.13. The van der Waals surface area contributed by atoms with E-state index in [4.69, 9.17) is 5.11 Å². The number of aromatic carboxylic acids is 1. The van der Waals surface area contributed by atoms with E-state index in [0.29, 0.717) is 5.56 Å². The summed E-state index contributed by atoms with van der Waals surface area (Å²) >= 11 is 2.02. The highest BCUT2D eigenvalue weighted by Crippen LogP contribution is 2.25. The molecule has 1 aliphatic heterocycles. The number of benzene rings is 1. The maximum atomic E-state index is 10.8. The van der Waals surface area contributed by atoms with E-state index in [0.717, 1.165) is 17.9 Å². The first-order chi connectivity index (χ1) is 7.75. The van der Waals surface area contributed by atoms with E-state index in [1.807, 2.05) is 30.0 Å². The molecule has 1 atom stereocenters. The summed E-state index contributed by atoms with van der Waals surface area (Å²) in [5, 5.41) is 8.91. The van der Waals surface area contributed by atoms with E-state index >= 15 is 0 Å². The van der Waals surface area contributed by atoms with Gasteiger partial charge in [-0.05, 0) is 54.4 Å². The molecule has 2 rings (SSSR count). The van der Waals surface area contributed by atoms with Crippen molar-refractivity contribution < 1.29 is 9.90 Å². The van der Waals surface area contributed by atoms with Crippen molar-refractivity contribution in [1.82, 2.24) is 0 Å². The molecule has 1 aromatic carbocycles. The molecule has 86 valence electrons. The van der Waals surface area contributed by atoms with Gasteiger partial charge in [0.25, 0.3) is 0 Å². The van der Waals surface area contributed by atoms with Gasteiger partial charge in [-0.2, -0.15) is 11.8 Å². The molecule has 0 saturated carbocycles. The molecule has 1 fully saturated rings. The van der Waals surface area contributed by atoms with Crippen molar-refractivity contribution in [2.75, 3.05) is 11.5 Å². The van der Waals surface area contributed by atoms with Gasteiger partial charge in [-0.1, -0.05) is 12.1 Å². The van der Waals surface area contributed by atoms with E-state index in [2.05, 4.69) is 0 Å². The van der Waals surface area contributed by atoms with E-state index < -0.39 is 5.97 Å². The summed E-state index contributed by atoms with van der Waals surface area (Å²) in [5.41, 5.74) is 1.56. The Morgan fingerprint density at radius 3 is 3.06 bits per heavy atom. The Kier molecular flexibility index (Phi) is 3.88. The third-order valence-electron chi connectivity index (χ3n) is 2.95. The van der Waals surface area contributed by atoms with Gasteiger partial charge in [0.2, 0.25) is 0 Å². The summed E-state index contributed by atoms with van der Waals surface area (Å²) in [6, 6.07) is 7.34. The highest BCUT2D eigenvalue weighted by molar-refractivity contribution is 7.99. The van der Waals surface area contributed by atoms with E-state index in [1.165, 1.54) is 24.3 Å². The van der Waals surface area contributed by atoms with E-state index in [-0.39, 0.29) is 0 Å². The summed E-state index contributed by atoms with van der Waals surface area (Å²) in [6.45, 7) is 0. The number of hydrogen-bond donors (Lipinski definition) is 1. The van der Waals surface area contributed by atoms with Crippen LogP contribution in [0.25, 0.3) is 0 Å². The molecule has 1 aromatic rings. The van der Waals surface area contributed by atoms with Crippen LogP contribution in [-0.2, 0) is 6.42 Å². The van der Waals surface area contributed by atoms with Gasteiger partial charge in [-0.3, -0.25) is 0 Å². The predicted octanol–water partition coefficient (Wildman–Crippen LogP) is 3.07. The van der Waals surface area contributed by atoms with Crippen molar-refractivity contribution in [3.63, 3.8) is 0 Å². The number of carboxylic acid groups (broad SMARTS) is 1. The molecule has 1 N–H and O–H groups in total. The van der Waals surface area contributed by atoms with Crippen LogP contribution in [0, 0.1) is 5.92 Å². The van der Waals surface area contributed by atoms with Crippen LogP contribution in [-0.4, -0.2) is 22.6 Å². The lowest BCUT2D eigenvalue weighted by Gasteiger charge is -2.21. The minimum atomic E-state index is -0.833. The number of hydrogen-bond acceptors (Lipinski definition) is 2. The Morgan fingerprint density at radius 1 is 1.50 bits per heavy atom. The minimum absolute atomic E-state index is 0.404. The fraction of sp³-hybridized carbons (Fsp3) is 0.462. The lowest BCUT2D eigenvalue weighted by molar-refractivity contribution is 0.0696. The smallest absolute Gasteiger partial charge is 0.335 e. The first-order valence-corrected chi connectivity index (χ1v) is 6.81. The van der Waals surface area contributed by atoms with Crippen LogP contribution in [0.1, 0.15) is 28.8 Å². The number of carboxylic acids is 1. The van der Waals surface area contributed by atoms with Crippen molar-refractivity contribution in [3.8, 4) is 0 Å². The Hall–Kier alpha value is -0.960.